The summed E-state index contributed by atoms with van der Waals surface area (Å²) in [4.78, 5) is 17.0. The van der Waals surface area contributed by atoms with Crippen molar-refractivity contribution in [1.82, 2.24) is 10.3 Å². The van der Waals surface area contributed by atoms with E-state index in [1.54, 1.807) is 18.3 Å². The summed E-state index contributed by atoms with van der Waals surface area (Å²) in [5, 5.41) is 15.2. The number of aromatic nitrogens is 1. The summed E-state index contributed by atoms with van der Waals surface area (Å²) in [6.07, 6.45) is 5.06. The molecule has 5 atom stereocenters. The fourth-order valence-electron chi connectivity index (χ4n) is 5.53. The van der Waals surface area contributed by atoms with E-state index in [1.165, 1.54) is 6.07 Å². The lowest BCUT2D eigenvalue weighted by atomic mass is 9.82. The monoisotopic (exact) mass is 398 g/mol. The number of amides is 1. The molecule has 4 nitrogen and oxygen atoms in total. The number of halogens is 1. The molecule has 0 spiro atoms. The molecule has 2 saturated carbocycles. The molecule has 4 rings (SSSR count). The molecule has 2 aliphatic rings. The zero-order chi connectivity index (χ0) is 21.0. The molecule has 5 heteroatoms. The van der Waals surface area contributed by atoms with E-state index < -0.39 is 11.5 Å². The zero-order valence-electron chi connectivity index (χ0n) is 17.7. The molecule has 2 N–H and O–H groups in total. The van der Waals surface area contributed by atoms with Crippen LogP contribution >= 0.6 is 0 Å². The smallest absolute Gasteiger partial charge is 0.226 e. The number of aliphatic hydroxyl groups is 1. The van der Waals surface area contributed by atoms with Gasteiger partial charge in [-0.25, -0.2) is 4.39 Å². The maximum Gasteiger partial charge on any atom is 0.226 e. The third-order valence-electron chi connectivity index (χ3n) is 6.95. The number of hydrogen-bond acceptors (Lipinski definition) is 3. The van der Waals surface area contributed by atoms with Crippen molar-refractivity contribution in [2.45, 2.75) is 70.4 Å². The highest BCUT2D eigenvalue weighted by atomic mass is 19.1. The summed E-state index contributed by atoms with van der Waals surface area (Å²) in [5.41, 5.74) is 0.733. The lowest BCUT2D eigenvalue weighted by Gasteiger charge is -2.33. The largest absolute Gasteiger partial charge is 0.389 e. The number of carbonyl (C=O) groups excluding carboxylic acids is 1. The quantitative estimate of drug-likeness (QED) is 0.797. The first-order valence-corrected chi connectivity index (χ1v) is 10.6. The average Bonchev–Trinajstić information content (AvgIpc) is 3.14. The normalized spacial score (nSPS) is 30.3. The van der Waals surface area contributed by atoms with Gasteiger partial charge in [0, 0.05) is 17.1 Å². The molecular formula is C24H31FN2O2. The highest BCUT2D eigenvalue weighted by Crippen LogP contribution is 2.56. The number of nitrogens with one attached hydrogen (secondary N) is 1. The number of rotatable bonds is 3. The van der Waals surface area contributed by atoms with Crippen LogP contribution in [-0.4, -0.2) is 27.1 Å². The predicted molar refractivity (Wildman–Crippen MR) is 112 cm³/mol. The highest BCUT2D eigenvalue weighted by molar-refractivity contribution is 5.82. The topological polar surface area (TPSA) is 62.2 Å². The number of hydrogen-bond donors (Lipinski definition) is 2. The summed E-state index contributed by atoms with van der Waals surface area (Å²) in [6.45, 7) is 7.71. The van der Waals surface area contributed by atoms with Crippen LogP contribution in [0.15, 0.2) is 30.5 Å². The molecule has 0 radical (unpaired) electrons. The SMILES string of the molecule is CC(C(=O)NC(C)(C)C)C1(O)C[C@H]2CC(c3ccnc4ccc(F)cc34)C[C@H]2C1. The zero-order valence-corrected chi connectivity index (χ0v) is 17.7. The van der Waals surface area contributed by atoms with Gasteiger partial charge in [0.15, 0.2) is 0 Å². The molecule has 3 unspecified atom stereocenters. The molecule has 2 fully saturated rings. The van der Waals surface area contributed by atoms with Crippen LogP contribution in [0.2, 0.25) is 0 Å². The van der Waals surface area contributed by atoms with Gasteiger partial charge in [0.05, 0.1) is 17.0 Å². The number of nitrogens with zero attached hydrogens (tertiary/aromatic N) is 1. The van der Waals surface area contributed by atoms with E-state index in [-0.39, 0.29) is 17.3 Å². The molecule has 2 aliphatic carbocycles. The van der Waals surface area contributed by atoms with Gasteiger partial charge in [0.25, 0.3) is 0 Å². The van der Waals surface area contributed by atoms with E-state index in [2.05, 4.69) is 10.3 Å². The van der Waals surface area contributed by atoms with Crippen LogP contribution in [0.4, 0.5) is 4.39 Å². The number of pyridine rings is 1. The standard InChI is InChI=1S/C24H31FN2O2/c1-14(22(28)27-23(2,3)4)24(29)12-16-9-15(10-17(16)13-24)19-7-8-26-21-6-5-18(25)11-20(19)21/h5-8,11,14-17,29H,9-10,12-13H2,1-4H3,(H,27,28)/t14?,15?,16-,17+,24?. The molecule has 1 amide bonds. The summed E-state index contributed by atoms with van der Waals surface area (Å²) in [5.74, 6) is 0.394. The van der Waals surface area contributed by atoms with Crippen LogP contribution in [0.5, 0.6) is 0 Å². The second kappa shape index (κ2) is 7.05. The van der Waals surface area contributed by atoms with Crippen LogP contribution in [0.25, 0.3) is 10.9 Å². The summed E-state index contributed by atoms with van der Waals surface area (Å²) in [7, 11) is 0. The van der Waals surface area contributed by atoms with Gasteiger partial charge >= 0.3 is 0 Å². The van der Waals surface area contributed by atoms with Crippen molar-refractivity contribution in [2.75, 3.05) is 0 Å². The van der Waals surface area contributed by atoms with Gasteiger partial charge in [-0.2, -0.15) is 0 Å². The van der Waals surface area contributed by atoms with Crippen LogP contribution < -0.4 is 5.32 Å². The van der Waals surface area contributed by atoms with E-state index in [0.717, 1.165) is 29.3 Å². The molecule has 1 heterocycles. The highest BCUT2D eigenvalue weighted by Gasteiger charge is 2.52. The molecule has 1 aromatic carbocycles. The van der Waals surface area contributed by atoms with E-state index >= 15 is 0 Å². The first kappa shape index (κ1) is 20.3. The minimum atomic E-state index is -0.942. The molecule has 2 aromatic rings. The predicted octanol–water partition coefficient (Wildman–Crippen LogP) is 4.56. The van der Waals surface area contributed by atoms with E-state index in [4.69, 9.17) is 0 Å². The van der Waals surface area contributed by atoms with Gasteiger partial charge in [-0.1, -0.05) is 6.92 Å². The minimum absolute atomic E-state index is 0.0767. The Kier molecular flexibility index (Phi) is 4.93. The first-order chi connectivity index (χ1) is 13.6. The van der Waals surface area contributed by atoms with Crippen molar-refractivity contribution in [3.05, 3.63) is 41.8 Å². The van der Waals surface area contributed by atoms with Gasteiger partial charge in [0.1, 0.15) is 5.82 Å². The third-order valence-corrected chi connectivity index (χ3v) is 6.95. The first-order valence-electron chi connectivity index (χ1n) is 10.6. The fourth-order valence-corrected chi connectivity index (χ4v) is 5.53. The van der Waals surface area contributed by atoms with Gasteiger partial charge in [0.2, 0.25) is 5.91 Å². The maximum absolute atomic E-state index is 13.8. The Bertz CT molecular complexity index is 922. The molecule has 0 aliphatic heterocycles. The lowest BCUT2D eigenvalue weighted by Crippen LogP contribution is -2.50. The summed E-state index contributed by atoms with van der Waals surface area (Å²) >= 11 is 0. The van der Waals surface area contributed by atoms with Crippen molar-refractivity contribution in [3.63, 3.8) is 0 Å². The molecule has 0 bridgehead atoms. The maximum atomic E-state index is 13.8. The Balaban J connectivity index is 1.49. The average molecular weight is 399 g/mol. The molecule has 29 heavy (non-hydrogen) atoms. The molecule has 0 saturated heterocycles. The number of carbonyl (C=O) groups is 1. The number of fused-ring (bicyclic) bond motifs is 2. The van der Waals surface area contributed by atoms with Gasteiger partial charge in [-0.05, 0) is 94.0 Å². The second-order valence-electron chi connectivity index (χ2n) is 10.2. The van der Waals surface area contributed by atoms with Crippen molar-refractivity contribution < 1.29 is 14.3 Å². The molecule has 156 valence electrons. The van der Waals surface area contributed by atoms with Crippen molar-refractivity contribution in [1.29, 1.82) is 0 Å². The molecular weight excluding hydrogens is 367 g/mol. The Labute approximate surface area is 171 Å². The Morgan fingerprint density at radius 1 is 1.24 bits per heavy atom. The van der Waals surface area contributed by atoms with Crippen molar-refractivity contribution in [3.8, 4) is 0 Å². The van der Waals surface area contributed by atoms with E-state index in [0.29, 0.717) is 30.6 Å². The van der Waals surface area contributed by atoms with Crippen LogP contribution in [0, 0.1) is 23.6 Å². The minimum Gasteiger partial charge on any atom is -0.389 e. The number of benzene rings is 1. The fraction of sp³-hybridized carbons (Fsp3) is 0.583. The second-order valence-corrected chi connectivity index (χ2v) is 10.2. The van der Waals surface area contributed by atoms with Crippen LogP contribution in [0.1, 0.15) is 64.9 Å². The van der Waals surface area contributed by atoms with Crippen LogP contribution in [0.3, 0.4) is 0 Å². The summed E-state index contributed by atoms with van der Waals surface area (Å²) < 4.78 is 13.8. The Hall–Kier alpha value is -2.01. The van der Waals surface area contributed by atoms with Crippen molar-refractivity contribution in [2.24, 2.45) is 17.8 Å². The van der Waals surface area contributed by atoms with Crippen LogP contribution in [-0.2, 0) is 4.79 Å². The van der Waals surface area contributed by atoms with E-state index in [1.807, 2.05) is 33.8 Å². The Morgan fingerprint density at radius 2 is 1.90 bits per heavy atom. The van der Waals surface area contributed by atoms with Gasteiger partial charge in [-0.3, -0.25) is 9.78 Å². The van der Waals surface area contributed by atoms with E-state index in [9.17, 15) is 14.3 Å². The third kappa shape index (κ3) is 3.89. The molecule has 1 aromatic heterocycles. The summed E-state index contributed by atoms with van der Waals surface area (Å²) in [6, 6.07) is 6.78. The van der Waals surface area contributed by atoms with Gasteiger partial charge < -0.3 is 10.4 Å². The Morgan fingerprint density at radius 3 is 2.52 bits per heavy atom. The van der Waals surface area contributed by atoms with Gasteiger partial charge in [-0.15, -0.1) is 0 Å². The van der Waals surface area contributed by atoms with Crippen molar-refractivity contribution >= 4 is 16.8 Å². The lowest BCUT2D eigenvalue weighted by molar-refractivity contribution is -0.135.